The van der Waals surface area contributed by atoms with Gasteiger partial charge in [0.1, 0.15) is 5.15 Å². The highest BCUT2D eigenvalue weighted by Gasteiger charge is 2.28. The number of fused-ring (bicyclic) bond motifs is 1. The Morgan fingerprint density at radius 1 is 1.40 bits per heavy atom. The van der Waals surface area contributed by atoms with E-state index in [0.29, 0.717) is 17.4 Å². The minimum Gasteiger partial charge on any atom is -0.384 e. The van der Waals surface area contributed by atoms with E-state index < -0.39 is 0 Å². The average Bonchev–Trinajstić information content (AvgIpc) is 2.81. The summed E-state index contributed by atoms with van der Waals surface area (Å²) < 4.78 is 0. The molecule has 0 aliphatic carbocycles. The highest BCUT2D eigenvalue weighted by atomic mass is 35.5. The molecule has 0 spiro atoms. The molecule has 6 heteroatoms. The maximum atomic E-state index is 12.3. The molecular weight excluding hydrogens is 276 g/mol. The van der Waals surface area contributed by atoms with Crippen LogP contribution in [0, 0.1) is 6.92 Å². The number of nitrogens with zero attached hydrogens (tertiary/aromatic N) is 2. The third kappa shape index (κ3) is 2.44. The van der Waals surface area contributed by atoms with Crippen molar-refractivity contribution in [2.24, 2.45) is 0 Å². The van der Waals surface area contributed by atoms with Crippen molar-refractivity contribution in [3.8, 4) is 0 Å². The monoisotopic (exact) mass is 288 g/mol. The van der Waals surface area contributed by atoms with Gasteiger partial charge in [0.25, 0.3) is 0 Å². The minimum atomic E-state index is -0.242. The van der Waals surface area contributed by atoms with Gasteiger partial charge in [-0.25, -0.2) is 9.97 Å². The first kappa shape index (κ1) is 12.9. The van der Waals surface area contributed by atoms with E-state index in [1.54, 1.807) is 13.0 Å². The zero-order valence-corrected chi connectivity index (χ0v) is 11.6. The Labute approximate surface area is 121 Å². The van der Waals surface area contributed by atoms with E-state index in [4.69, 9.17) is 11.6 Å². The number of benzene rings is 1. The number of carbonyl (C=O) groups is 1. The predicted molar refractivity (Wildman–Crippen MR) is 78.1 cm³/mol. The summed E-state index contributed by atoms with van der Waals surface area (Å²) in [5.74, 6) is -0.136. The molecule has 2 N–H and O–H groups in total. The summed E-state index contributed by atoms with van der Waals surface area (Å²) in [4.78, 5) is 20.5. The number of hydrogen-bond donors (Lipinski definition) is 2. The second kappa shape index (κ2) is 5.09. The molecular formula is C14H13ClN4O. The number of halogens is 1. The fraction of sp³-hybridized carbons (Fsp3) is 0.214. The molecule has 1 aliphatic heterocycles. The van der Waals surface area contributed by atoms with Gasteiger partial charge in [0.15, 0.2) is 0 Å². The number of nitrogens with one attached hydrogen (secondary N) is 2. The van der Waals surface area contributed by atoms with Crippen molar-refractivity contribution in [1.29, 1.82) is 0 Å². The van der Waals surface area contributed by atoms with Crippen LogP contribution in [0.2, 0.25) is 5.15 Å². The van der Waals surface area contributed by atoms with Crippen LogP contribution in [0.4, 0.5) is 11.6 Å². The lowest BCUT2D eigenvalue weighted by atomic mass is 10.0. The molecule has 0 bridgehead atoms. The minimum absolute atomic E-state index is 0.135. The summed E-state index contributed by atoms with van der Waals surface area (Å²) in [6.45, 7) is 2.38. The molecule has 1 amide bonds. The van der Waals surface area contributed by atoms with Crippen LogP contribution in [-0.2, 0) is 4.79 Å². The number of anilines is 2. The third-order valence-electron chi connectivity index (χ3n) is 3.21. The van der Waals surface area contributed by atoms with Crippen molar-refractivity contribution in [2.45, 2.75) is 12.8 Å². The Morgan fingerprint density at radius 2 is 2.20 bits per heavy atom. The Morgan fingerprint density at radius 3 is 3.00 bits per heavy atom. The maximum Gasteiger partial charge on any atom is 0.236 e. The Kier molecular flexibility index (Phi) is 3.28. The third-order valence-corrected chi connectivity index (χ3v) is 3.40. The van der Waals surface area contributed by atoms with E-state index in [2.05, 4.69) is 20.6 Å². The number of amides is 1. The SMILES string of the molecule is Cc1cc(Cl)nc(NC(=O)C2CNc3ccccc32)n1. The fourth-order valence-corrected chi connectivity index (χ4v) is 2.54. The van der Waals surface area contributed by atoms with Crippen molar-refractivity contribution < 1.29 is 4.79 Å². The van der Waals surface area contributed by atoms with Crippen molar-refractivity contribution in [1.82, 2.24) is 9.97 Å². The number of hydrogen-bond acceptors (Lipinski definition) is 4. The lowest BCUT2D eigenvalue weighted by molar-refractivity contribution is -0.117. The van der Waals surface area contributed by atoms with Crippen LogP contribution >= 0.6 is 11.6 Å². The van der Waals surface area contributed by atoms with Gasteiger partial charge in [-0.1, -0.05) is 29.8 Å². The second-order valence-corrected chi connectivity index (χ2v) is 5.05. The lowest BCUT2D eigenvalue weighted by Crippen LogP contribution is -2.23. The molecule has 0 radical (unpaired) electrons. The summed E-state index contributed by atoms with van der Waals surface area (Å²) in [5, 5.41) is 6.25. The molecule has 1 aliphatic rings. The molecule has 5 nitrogen and oxygen atoms in total. The molecule has 0 fully saturated rings. The zero-order chi connectivity index (χ0) is 14.1. The van der Waals surface area contributed by atoms with E-state index >= 15 is 0 Å². The first-order valence-electron chi connectivity index (χ1n) is 6.28. The van der Waals surface area contributed by atoms with E-state index in [0.717, 1.165) is 11.3 Å². The Hall–Kier alpha value is -2.14. The molecule has 0 saturated carbocycles. The van der Waals surface area contributed by atoms with Gasteiger partial charge in [0.05, 0.1) is 5.92 Å². The van der Waals surface area contributed by atoms with Crippen LogP contribution in [-0.4, -0.2) is 22.4 Å². The Balaban J connectivity index is 1.81. The van der Waals surface area contributed by atoms with Gasteiger partial charge in [-0.15, -0.1) is 0 Å². The largest absolute Gasteiger partial charge is 0.384 e. The molecule has 1 unspecified atom stereocenters. The molecule has 2 aromatic rings. The summed E-state index contributed by atoms with van der Waals surface area (Å²) in [7, 11) is 0. The van der Waals surface area contributed by atoms with Crippen molar-refractivity contribution in [2.75, 3.05) is 17.2 Å². The lowest BCUT2D eigenvalue weighted by Gasteiger charge is -2.10. The standard InChI is InChI=1S/C14H13ClN4O/c1-8-6-12(15)18-14(17-8)19-13(20)10-7-16-11-5-3-2-4-9(10)11/h2-6,10,16H,7H2,1H3,(H,17,18,19,20). The van der Waals surface area contributed by atoms with Crippen LogP contribution in [0.15, 0.2) is 30.3 Å². The zero-order valence-electron chi connectivity index (χ0n) is 10.9. The smallest absolute Gasteiger partial charge is 0.236 e. The first-order chi connectivity index (χ1) is 9.63. The highest BCUT2D eigenvalue weighted by Crippen LogP contribution is 2.31. The normalized spacial score (nSPS) is 16.4. The molecule has 102 valence electrons. The number of para-hydroxylation sites is 1. The summed E-state index contributed by atoms with van der Waals surface area (Å²) in [6.07, 6.45) is 0. The maximum absolute atomic E-state index is 12.3. The predicted octanol–water partition coefficient (Wildman–Crippen LogP) is 2.59. The molecule has 1 aromatic carbocycles. The van der Waals surface area contributed by atoms with Crippen molar-refractivity contribution in [3.05, 3.63) is 46.7 Å². The first-order valence-corrected chi connectivity index (χ1v) is 6.66. The molecule has 2 heterocycles. The van der Waals surface area contributed by atoms with Gasteiger partial charge in [-0.2, -0.15) is 0 Å². The second-order valence-electron chi connectivity index (χ2n) is 4.67. The van der Waals surface area contributed by atoms with Crippen molar-refractivity contribution >= 4 is 29.1 Å². The van der Waals surface area contributed by atoms with Gasteiger partial charge < -0.3 is 5.32 Å². The van der Waals surface area contributed by atoms with Crippen molar-refractivity contribution in [3.63, 3.8) is 0 Å². The van der Waals surface area contributed by atoms with Gasteiger partial charge >= 0.3 is 0 Å². The molecule has 1 atom stereocenters. The van der Waals surface area contributed by atoms with Gasteiger partial charge in [0.2, 0.25) is 11.9 Å². The topological polar surface area (TPSA) is 66.9 Å². The fourth-order valence-electron chi connectivity index (χ4n) is 2.30. The van der Waals surface area contributed by atoms with E-state index in [9.17, 15) is 4.79 Å². The van der Waals surface area contributed by atoms with Crippen LogP contribution < -0.4 is 10.6 Å². The average molecular weight is 289 g/mol. The molecule has 3 rings (SSSR count). The van der Waals surface area contributed by atoms with Gasteiger partial charge in [-0.05, 0) is 24.6 Å². The van der Waals surface area contributed by atoms with Crippen LogP contribution in [0.5, 0.6) is 0 Å². The highest BCUT2D eigenvalue weighted by molar-refractivity contribution is 6.29. The van der Waals surface area contributed by atoms with E-state index in [-0.39, 0.29) is 17.8 Å². The Bertz CT molecular complexity index is 654. The number of carbonyl (C=O) groups excluding carboxylic acids is 1. The molecule has 20 heavy (non-hydrogen) atoms. The number of rotatable bonds is 2. The summed E-state index contributed by atoms with van der Waals surface area (Å²) >= 11 is 5.86. The number of aromatic nitrogens is 2. The summed E-state index contributed by atoms with van der Waals surface area (Å²) in [5.41, 5.74) is 2.70. The summed E-state index contributed by atoms with van der Waals surface area (Å²) in [6, 6.07) is 9.41. The van der Waals surface area contributed by atoms with Gasteiger partial charge in [-0.3, -0.25) is 10.1 Å². The molecule has 1 aromatic heterocycles. The van der Waals surface area contributed by atoms with Gasteiger partial charge in [0, 0.05) is 17.9 Å². The van der Waals surface area contributed by atoms with Crippen LogP contribution in [0.25, 0.3) is 0 Å². The van der Waals surface area contributed by atoms with E-state index in [1.807, 2.05) is 24.3 Å². The number of aryl methyl sites for hydroxylation is 1. The van der Waals surface area contributed by atoms with E-state index in [1.165, 1.54) is 0 Å². The van der Waals surface area contributed by atoms with Crippen LogP contribution in [0.1, 0.15) is 17.2 Å². The molecule has 0 saturated heterocycles. The quantitative estimate of drug-likeness (QED) is 0.834. The van der Waals surface area contributed by atoms with Crippen LogP contribution in [0.3, 0.4) is 0 Å².